The van der Waals surface area contributed by atoms with Crippen LogP contribution in [0.5, 0.6) is 0 Å². The van der Waals surface area contributed by atoms with Crippen molar-refractivity contribution in [2.75, 3.05) is 23.4 Å². The summed E-state index contributed by atoms with van der Waals surface area (Å²) in [5.74, 6) is 0. The molecule has 0 bridgehead atoms. The summed E-state index contributed by atoms with van der Waals surface area (Å²) >= 11 is 8.21. The molecule has 0 aliphatic carbocycles. The predicted octanol–water partition coefficient (Wildman–Crippen LogP) is 3.27. The third-order valence-electron chi connectivity index (χ3n) is 2.31. The Balaban J connectivity index is 2.78. The molecule has 0 saturated carbocycles. The number of ether oxygens (including phenoxy) is 1. The van der Waals surface area contributed by atoms with Crippen molar-refractivity contribution in [2.45, 2.75) is 12.8 Å². The Morgan fingerprint density at radius 1 is 1.53 bits per heavy atom. The van der Waals surface area contributed by atoms with Gasteiger partial charge < -0.3 is 12.6 Å². The van der Waals surface area contributed by atoms with E-state index in [0.717, 1.165) is 37.1 Å². The second kappa shape index (κ2) is 7.89. The van der Waals surface area contributed by atoms with E-state index in [1.165, 1.54) is 0 Å². The minimum Gasteiger partial charge on any atom is -0.385 e. The molecule has 0 aliphatic heterocycles. The van der Waals surface area contributed by atoms with E-state index in [4.69, 9.17) is 16.3 Å². The van der Waals surface area contributed by atoms with Crippen LogP contribution < -0.4 is 3.11 Å². The lowest BCUT2D eigenvalue weighted by atomic mass is 10.1. The second-order valence-electron chi connectivity index (χ2n) is 3.58. The number of methoxy groups -OCH3 is 1. The third kappa shape index (κ3) is 4.81. The van der Waals surface area contributed by atoms with E-state index >= 15 is 0 Å². The molecule has 1 aromatic carbocycles. The van der Waals surface area contributed by atoms with Gasteiger partial charge >= 0.3 is 0 Å². The van der Waals surface area contributed by atoms with Crippen molar-refractivity contribution >= 4 is 46.4 Å². The molecule has 0 heterocycles. The highest BCUT2D eigenvalue weighted by molar-refractivity contribution is 14.1. The first-order valence-corrected chi connectivity index (χ1v) is 6.67. The zero-order valence-electron chi connectivity index (χ0n) is 9.66. The summed E-state index contributed by atoms with van der Waals surface area (Å²) < 4.78 is 7.09. The van der Waals surface area contributed by atoms with E-state index in [-0.39, 0.29) is 0 Å². The zero-order chi connectivity index (χ0) is 12.7. The number of anilines is 1. The topological polar surface area (TPSA) is 29.5 Å². The van der Waals surface area contributed by atoms with Crippen molar-refractivity contribution in [3.8, 4) is 0 Å². The molecular weight excluding hydrogens is 352 g/mol. The SMILES string of the molecule is COCCCN(I)c1cc(Cl)ccc1CC=O. The normalized spacial score (nSPS) is 10.3. The summed E-state index contributed by atoms with van der Waals surface area (Å²) in [7, 11) is 1.69. The van der Waals surface area contributed by atoms with Gasteiger partial charge in [0.1, 0.15) is 6.29 Å². The van der Waals surface area contributed by atoms with Gasteiger partial charge in [0.2, 0.25) is 0 Å². The quantitative estimate of drug-likeness (QED) is 0.321. The van der Waals surface area contributed by atoms with E-state index < -0.39 is 0 Å². The summed E-state index contributed by atoms with van der Waals surface area (Å²) in [6, 6.07) is 5.59. The van der Waals surface area contributed by atoms with Crippen molar-refractivity contribution in [1.82, 2.24) is 0 Å². The molecule has 0 fully saturated rings. The Labute approximate surface area is 121 Å². The van der Waals surface area contributed by atoms with Gasteiger partial charge in [-0.2, -0.15) is 0 Å². The molecular formula is C12H15ClINO2. The van der Waals surface area contributed by atoms with Crippen LogP contribution in [0.3, 0.4) is 0 Å². The Kier molecular flexibility index (Phi) is 6.84. The fourth-order valence-electron chi connectivity index (χ4n) is 1.49. The first-order valence-electron chi connectivity index (χ1n) is 5.33. The number of nitrogens with zero attached hydrogens (tertiary/aromatic N) is 1. The van der Waals surface area contributed by atoms with Gasteiger partial charge in [-0.3, -0.25) is 0 Å². The third-order valence-corrected chi connectivity index (χ3v) is 3.55. The molecule has 0 aromatic heterocycles. The number of carbonyl (C=O) groups is 1. The number of aldehydes is 1. The van der Waals surface area contributed by atoms with Crippen molar-refractivity contribution in [3.05, 3.63) is 28.8 Å². The molecule has 3 nitrogen and oxygen atoms in total. The number of rotatable bonds is 7. The van der Waals surface area contributed by atoms with E-state index in [1.54, 1.807) is 7.11 Å². The summed E-state index contributed by atoms with van der Waals surface area (Å²) in [4.78, 5) is 10.6. The maximum absolute atomic E-state index is 10.6. The maximum atomic E-state index is 10.6. The molecule has 0 atom stereocenters. The summed E-state index contributed by atoms with van der Waals surface area (Å²) in [5, 5.41) is 0.683. The average molecular weight is 368 g/mol. The molecule has 0 saturated heterocycles. The van der Waals surface area contributed by atoms with Gasteiger partial charge in [-0.05, 0) is 24.1 Å². The van der Waals surface area contributed by atoms with Crippen molar-refractivity contribution in [2.24, 2.45) is 0 Å². The fraction of sp³-hybridized carbons (Fsp3) is 0.417. The highest BCUT2D eigenvalue weighted by Gasteiger charge is 2.09. The van der Waals surface area contributed by atoms with E-state index in [2.05, 4.69) is 26.0 Å². The highest BCUT2D eigenvalue weighted by Crippen LogP contribution is 2.27. The molecule has 5 heteroatoms. The molecule has 1 aromatic rings. The second-order valence-corrected chi connectivity index (χ2v) is 5.18. The number of carbonyl (C=O) groups excluding carboxylic acids is 1. The number of benzene rings is 1. The molecule has 17 heavy (non-hydrogen) atoms. The minimum atomic E-state index is 0.413. The van der Waals surface area contributed by atoms with Crippen LogP contribution in [0.15, 0.2) is 18.2 Å². The molecule has 0 aliphatic rings. The lowest BCUT2D eigenvalue weighted by Crippen LogP contribution is -2.14. The van der Waals surface area contributed by atoms with Crippen LogP contribution in [0.4, 0.5) is 5.69 Å². The van der Waals surface area contributed by atoms with Crippen LogP contribution in [-0.2, 0) is 16.0 Å². The van der Waals surface area contributed by atoms with Gasteiger partial charge in [-0.1, -0.05) is 17.7 Å². The van der Waals surface area contributed by atoms with Crippen LogP contribution in [0.1, 0.15) is 12.0 Å². The van der Waals surface area contributed by atoms with Gasteiger partial charge in [-0.25, -0.2) is 0 Å². The first kappa shape index (κ1) is 14.7. The highest BCUT2D eigenvalue weighted by atomic mass is 127. The van der Waals surface area contributed by atoms with Crippen molar-refractivity contribution in [1.29, 1.82) is 0 Å². The van der Waals surface area contributed by atoms with E-state index in [1.807, 2.05) is 18.2 Å². The molecule has 94 valence electrons. The lowest BCUT2D eigenvalue weighted by molar-refractivity contribution is -0.107. The Bertz CT molecular complexity index is 374. The smallest absolute Gasteiger partial charge is 0.124 e. The maximum Gasteiger partial charge on any atom is 0.124 e. The molecule has 0 N–H and O–H groups in total. The van der Waals surface area contributed by atoms with Crippen LogP contribution in [0.2, 0.25) is 5.02 Å². The molecule has 0 amide bonds. The van der Waals surface area contributed by atoms with Crippen molar-refractivity contribution < 1.29 is 9.53 Å². The lowest BCUT2D eigenvalue weighted by Gasteiger charge is -2.19. The molecule has 1 rings (SSSR count). The number of hydrogen-bond acceptors (Lipinski definition) is 3. The largest absolute Gasteiger partial charge is 0.385 e. The summed E-state index contributed by atoms with van der Waals surface area (Å²) in [5.41, 5.74) is 2.00. The standard InChI is InChI=1S/C12H15ClINO2/c1-17-8-2-6-15(14)12-9-11(13)4-3-10(12)5-7-16/h3-4,7,9H,2,5-6,8H2,1H3. The Morgan fingerprint density at radius 3 is 2.94 bits per heavy atom. The van der Waals surface area contributed by atoms with Crippen molar-refractivity contribution in [3.63, 3.8) is 0 Å². The number of hydrogen-bond donors (Lipinski definition) is 0. The average Bonchev–Trinajstić information content (AvgIpc) is 2.32. The van der Waals surface area contributed by atoms with E-state index in [9.17, 15) is 4.79 Å². The van der Waals surface area contributed by atoms with Gasteiger partial charge in [0.25, 0.3) is 0 Å². The molecule has 0 radical (unpaired) electrons. The number of halogens is 2. The first-order chi connectivity index (χ1) is 8.19. The van der Waals surface area contributed by atoms with Crippen LogP contribution in [0.25, 0.3) is 0 Å². The van der Waals surface area contributed by atoms with E-state index in [0.29, 0.717) is 11.4 Å². The monoisotopic (exact) mass is 367 g/mol. The minimum absolute atomic E-state index is 0.413. The summed E-state index contributed by atoms with van der Waals surface area (Å²) in [6.07, 6.45) is 2.26. The van der Waals surface area contributed by atoms with Gasteiger partial charge in [-0.15, -0.1) is 0 Å². The zero-order valence-corrected chi connectivity index (χ0v) is 12.6. The van der Waals surface area contributed by atoms with Crippen LogP contribution in [-0.4, -0.2) is 26.5 Å². The predicted molar refractivity (Wildman–Crippen MR) is 79.1 cm³/mol. The Hall–Kier alpha value is -0.330. The fourth-order valence-corrected chi connectivity index (χ4v) is 2.45. The van der Waals surface area contributed by atoms with Crippen LogP contribution in [0, 0.1) is 0 Å². The molecule has 0 spiro atoms. The summed E-state index contributed by atoms with van der Waals surface area (Å²) in [6.45, 7) is 1.59. The Morgan fingerprint density at radius 2 is 2.29 bits per heavy atom. The van der Waals surface area contributed by atoms with Gasteiger partial charge in [0, 0.05) is 31.7 Å². The van der Waals surface area contributed by atoms with Gasteiger partial charge in [0.05, 0.1) is 28.6 Å². The molecule has 0 unspecified atom stereocenters. The van der Waals surface area contributed by atoms with Gasteiger partial charge in [0.15, 0.2) is 0 Å². The van der Waals surface area contributed by atoms with Crippen LogP contribution >= 0.6 is 34.5 Å².